The van der Waals surface area contributed by atoms with Gasteiger partial charge in [-0.2, -0.15) is 0 Å². The number of anilines is 1. The molecular formula is C20H24N4O5S. The summed E-state index contributed by atoms with van der Waals surface area (Å²) < 4.78 is 4.72. The SMILES string of the molecule is C=C(C)NC[C@H](NC(=O)c1sc(NC(=O)Cc2cccc(O)c2)nc1C)C(=O)OC. The van der Waals surface area contributed by atoms with Crippen molar-refractivity contribution in [1.29, 1.82) is 0 Å². The number of aromatic nitrogens is 1. The van der Waals surface area contributed by atoms with Crippen LogP contribution in [0.1, 0.15) is 27.9 Å². The third-order valence-corrected chi connectivity index (χ3v) is 5.00. The third kappa shape index (κ3) is 6.59. The molecule has 1 atom stereocenters. The highest BCUT2D eigenvalue weighted by molar-refractivity contribution is 7.17. The average Bonchev–Trinajstić information content (AvgIpc) is 3.04. The van der Waals surface area contributed by atoms with Gasteiger partial charge in [0.2, 0.25) is 5.91 Å². The summed E-state index contributed by atoms with van der Waals surface area (Å²) in [7, 11) is 1.24. The molecule has 0 radical (unpaired) electrons. The molecule has 0 fully saturated rings. The minimum absolute atomic E-state index is 0.0472. The van der Waals surface area contributed by atoms with E-state index in [0.29, 0.717) is 17.0 Å². The zero-order valence-corrected chi connectivity index (χ0v) is 17.8. The number of methoxy groups -OCH3 is 1. The summed E-state index contributed by atoms with van der Waals surface area (Å²) in [4.78, 5) is 41.3. The highest BCUT2D eigenvalue weighted by Gasteiger charge is 2.24. The van der Waals surface area contributed by atoms with Crippen molar-refractivity contribution in [2.75, 3.05) is 19.0 Å². The smallest absolute Gasteiger partial charge is 0.330 e. The monoisotopic (exact) mass is 432 g/mol. The van der Waals surface area contributed by atoms with Crippen LogP contribution in [0.25, 0.3) is 0 Å². The number of hydrogen-bond acceptors (Lipinski definition) is 8. The van der Waals surface area contributed by atoms with Crippen LogP contribution in [0.3, 0.4) is 0 Å². The zero-order valence-electron chi connectivity index (χ0n) is 16.9. The molecule has 1 aromatic carbocycles. The van der Waals surface area contributed by atoms with Crippen LogP contribution in [0.5, 0.6) is 5.75 Å². The summed E-state index contributed by atoms with van der Waals surface area (Å²) >= 11 is 1.00. The van der Waals surface area contributed by atoms with Crippen molar-refractivity contribution in [2.45, 2.75) is 26.3 Å². The molecule has 10 heteroatoms. The number of nitrogens with zero attached hydrogens (tertiary/aromatic N) is 1. The fraction of sp³-hybridized carbons (Fsp3) is 0.300. The molecule has 0 unspecified atom stereocenters. The number of phenols is 1. The van der Waals surface area contributed by atoms with Crippen molar-refractivity contribution in [3.05, 3.63) is 52.7 Å². The van der Waals surface area contributed by atoms with Crippen LogP contribution in [0.2, 0.25) is 0 Å². The van der Waals surface area contributed by atoms with Gasteiger partial charge in [-0.1, -0.05) is 30.0 Å². The fourth-order valence-electron chi connectivity index (χ4n) is 2.51. The summed E-state index contributed by atoms with van der Waals surface area (Å²) in [5.41, 5.74) is 1.70. The zero-order chi connectivity index (χ0) is 22.3. The number of rotatable bonds is 9. The average molecular weight is 433 g/mol. The van der Waals surface area contributed by atoms with Gasteiger partial charge in [-0.15, -0.1) is 0 Å². The number of carbonyl (C=O) groups is 3. The normalized spacial score (nSPS) is 11.3. The van der Waals surface area contributed by atoms with Gasteiger partial charge in [0.15, 0.2) is 5.13 Å². The first-order chi connectivity index (χ1) is 14.2. The number of amides is 2. The van der Waals surface area contributed by atoms with Crippen molar-refractivity contribution in [3.63, 3.8) is 0 Å². The van der Waals surface area contributed by atoms with Gasteiger partial charge in [-0.25, -0.2) is 9.78 Å². The van der Waals surface area contributed by atoms with Gasteiger partial charge >= 0.3 is 5.97 Å². The number of phenolic OH excluding ortho intramolecular Hbond substituents is 1. The number of thiazole rings is 1. The maximum absolute atomic E-state index is 12.6. The van der Waals surface area contributed by atoms with Crippen LogP contribution in [-0.4, -0.2) is 47.6 Å². The number of benzene rings is 1. The van der Waals surface area contributed by atoms with Crippen molar-refractivity contribution in [3.8, 4) is 5.75 Å². The number of carbonyl (C=O) groups excluding carboxylic acids is 3. The number of nitrogens with one attached hydrogen (secondary N) is 3. The Balaban J connectivity index is 2.04. The van der Waals surface area contributed by atoms with Gasteiger partial charge in [0.1, 0.15) is 16.7 Å². The van der Waals surface area contributed by atoms with Crippen LogP contribution in [0.15, 0.2) is 36.5 Å². The fourth-order valence-corrected chi connectivity index (χ4v) is 3.40. The second-order valence-corrected chi connectivity index (χ2v) is 7.54. The predicted molar refractivity (Wildman–Crippen MR) is 113 cm³/mol. The number of aryl methyl sites for hydroxylation is 1. The van der Waals surface area contributed by atoms with Gasteiger partial charge in [0.05, 0.1) is 19.2 Å². The topological polar surface area (TPSA) is 130 Å². The van der Waals surface area contributed by atoms with E-state index in [1.807, 2.05) is 0 Å². The minimum Gasteiger partial charge on any atom is -0.508 e. The lowest BCUT2D eigenvalue weighted by atomic mass is 10.1. The van der Waals surface area contributed by atoms with Crippen LogP contribution >= 0.6 is 11.3 Å². The van der Waals surface area contributed by atoms with E-state index in [2.05, 4.69) is 27.5 Å². The van der Waals surface area contributed by atoms with Crippen molar-refractivity contribution in [1.82, 2.24) is 15.6 Å². The van der Waals surface area contributed by atoms with Crippen LogP contribution in [-0.2, 0) is 20.7 Å². The molecule has 1 aromatic heterocycles. The van der Waals surface area contributed by atoms with E-state index in [4.69, 9.17) is 4.74 Å². The first-order valence-corrected chi connectivity index (χ1v) is 9.84. The molecule has 1 heterocycles. The van der Waals surface area contributed by atoms with Gasteiger partial charge in [-0.3, -0.25) is 9.59 Å². The highest BCUT2D eigenvalue weighted by Crippen LogP contribution is 2.23. The molecular weight excluding hydrogens is 408 g/mol. The lowest BCUT2D eigenvalue weighted by Gasteiger charge is -2.17. The lowest BCUT2D eigenvalue weighted by Crippen LogP contribution is -2.47. The Labute approximate surface area is 178 Å². The standard InChI is InChI=1S/C20H24N4O5S/c1-11(2)21-10-15(19(28)29-4)23-18(27)17-12(3)22-20(30-17)24-16(26)9-13-6-5-7-14(25)8-13/h5-8,15,21,25H,1,9-10H2,2-4H3,(H,23,27)(H,22,24,26)/t15-/m0/s1. The summed E-state index contributed by atoms with van der Waals surface area (Å²) in [5.74, 6) is -1.36. The molecule has 0 aliphatic rings. The highest BCUT2D eigenvalue weighted by atomic mass is 32.1. The third-order valence-electron chi connectivity index (χ3n) is 3.92. The first kappa shape index (κ1) is 22.9. The van der Waals surface area contributed by atoms with Crippen LogP contribution in [0, 0.1) is 6.92 Å². The van der Waals surface area contributed by atoms with E-state index in [1.54, 1.807) is 26.0 Å². The van der Waals surface area contributed by atoms with Gasteiger partial charge in [0, 0.05) is 12.2 Å². The molecule has 2 amide bonds. The summed E-state index contributed by atoms with van der Waals surface area (Å²) in [6.45, 7) is 7.18. The second-order valence-electron chi connectivity index (χ2n) is 6.54. The van der Waals surface area contributed by atoms with E-state index < -0.39 is 17.9 Å². The molecule has 4 N–H and O–H groups in total. The summed E-state index contributed by atoms with van der Waals surface area (Å²) in [6, 6.07) is 5.47. The van der Waals surface area contributed by atoms with Gasteiger partial charge in [0.25, 0.3) is 5.91 Å². The Bertz CT molecular complexity index is 956. The van der Waals surface area contributed by atoms with Crippen molar-refractivity contribution < 1.29 is 24.2 Å². The molecule has 30 heavy (non-hydrogen) atoms. The summed E-state index contributed by atoms with van der Waals surface area (Å²) in [5, 5.41) is 17.9. The molecule has 2 rings (SSSR count). The number of esters is 1. The molecule has 0 saturated heterocycles. The van der Waals surface area contributed by atoms with Gasteiger partial charge in [-0.05, 0) is 31.5 Å². The Morgan fingerprint density at radius 3 is 2.70 bits per heavy atom. The number of allylic oxidation sites excluding steroid dienone is 1. The maximum atomic E-state index is 12.6. The number of aromatic hydroxyl groups is 1. The Morgan fingerprint density at radius 1 is 1.33 bits per heavy atom. The Morgan fingerprint density at radius 2 is 2.07 bits per heavy atom. The van der Waals surface area contributed by atoms with E-state index >= 15 is 0 Å². The molecule has 9 nitrogen and oxygen atoms in total. The van der Waals surface area contributed by atoms with Crippen LogP contribution in [0.4, 0.5) is 5.13 Å². The van der Waals surface area contributed by atoms with E-state index in [9.17, 15) is 19.5 Å². The Kier molecular flexibility index (Phi) is 7.93. The minimum atomic E-state index is -0.913. The lowest BCUT2D eigenvalue weighted by molar-refractivity contribution is -0.142. The molecule has 0 bridgehead atoms. The maximum Gasteiger partial charge on any atom is 0.330 e. The van der Waals surface area contributed by atoms with Gasteiger partial charge < -0.3 is 25.8 Å². The number of hydrogen-bond donors (Lipinski definition) is 4. The first-order valence-electron chi connectivity index (χ1n) is 9.02. The van der Waals surface area contributed by atoms with Crippen molar-refractivity contribution in [2.24, 2.45) is 0 Å². The van der Waals surface area contributed by atoms with E-state index in [0.717, 1.165) is 11.3 Å². The Hall–Kier alpha value is -3.40. The molecule has 0 spiro atoms. The van der Waals surface area contributed by atoms with E-state index in [-0.39, 0.29) is 34.6 Å². The van der Waals surface area contributed by atoms with Crippen LogP contribution < -0.4 is 16.0 Å². The molecule has 0 saturated carbocycles. The second kappa shape index (κ2) is 10.4. The summed E-state index contributed by atoms with van der Waals surface area (Å²) in [6.07, 6.45) is 0.0472. The number of ether oxygens (including phenoxy) is 1. The largest absolute Gasteiger partial charge is 0.508 e. The predicted octanol–water partition coefficient (Wildman–Crippen LogP) is 1.73. The van der Waals surface area contributed by atoms with Crippen molar-refractivity contribution >= 4 is 34.3 Å². The molecule has 0 aliphatic heterocycles. The quantitative estimate of drug-likeness (QED) is 0.444. The molecule has 0 aliphatic carbocycles. The van der Waals surface area contributed by atoms with E-state index in [1.165, 1.54) is 19.2 Å². The molecule has 2 aromatic rings. The molecule has 160 valence electrons.